The number of thiophene rings is 1. The monoisotopic (exact) mass is 463 g/mol. The van der Waals surface area contributed by atoms with Gasteiger partial charge in [-0.1, -0.05) is 23.2 Å². The summed E-state index contributed by atoms with van der Waals surface area (Å²) in [5.74, 6) is 0.373. The molecule has 7 nitrogen and oxygen atoms in total. The smallest absolute Gasteiger partial charge is 0.306 e. The quantitative estimate of drug-likeness (QED) is 0.416. The van der Waals surface area contributed by atoms with E-state index in [2.05, 4.69) is 20.0 Å². The average molecular weight is 464 g/mol. The summed E-state index contributed by atoms with van der Waals surface area (Å²) in [6.45, 7) is 0. The number of urea groups is 1. The number of hydrogen-bond donors (Lipinski definition) is 2. The molecule has 0 aliphatic heterocycles. The van der Waals surface area contributed by atoms with Crippen LogP contribution in [-0.2, 0) is 0 Å². The molecule has 2 N–H and O–H groups in total. The van der Waals surface area contributed by atoms with Crippen molar-refractivity contribution in [3.8, 4) is 5.82 Å². The molecule has 0 saturated heterocycles. The van der Waals surface area contributed by atoms with Gasteiger partial charge in [0.05, 0.1) is 31.3 Å². The molecule has 0 unspecified atom stereocenters. The minimum atomic E-state index is -0.409. The molecule has 3 heterocycles. The molecule has 11 heteroatoms. The highest BCUT2D eigenvalue weighted by molar-refractivity contribution is 7.99. The highest BCUT2D eigenvalue weighted by atomic mass is 35.5. The number of rotatable bonds is 4. The summed E-state index contributed by atoms with van der Waals surface area (Å²) in [6.07, 6.45) is 2.86. The molecule has 4 aromatic rings. The Labute approximate surface area is 182 Å². The topological polar surface area (TPSA) is 88.9 Å². The third kappa shape index (κ3) is 4.54. The second-order valence-corrected chi connectivity index (χ2v) is 8.96. The second kappa shape index (κ2) is 8.42. The molecule has 4 rings (SSSR count). The zero-order chi connectivity index (χ0) is 20.4. The first-order valence-corrected chi connectivity index (χ1v) is 10.5. The van der Waals surface area contributed by atoms with Crippen LogP contribution in [0.4, 0.5) is 10.5 Å². The van der Waals surface area contributed by atoms with Gasteiger partial charge in [-0.25, -0.2) is 14.8 Å². The minimum absolute atomic E-state index is 0.283. The van der Waals surface area contributed by atoms with Crippen LogP contribution < -0.4 is 15.6 Å². The van der Waals surface area contributed by atoms with Crippen molar-refractivity contribution in [3.63, 3.8) is 0 Å². The Kier molecular flexibility index (Phi) is 5.72. The van der Waals surface area contributed by atoms with Crippen molar-refractivity contribution in [3.05, 3.63) is 74.7 Å². The molecule has 0 atom stereocenters. The number of pyridine rings is 1. The first-order chi connectivity index (χ1) is 14.0. The van der Waals surface area contributed by atoms with E-state index >= 15 is 0 Å². The van der Waals surface area contributed by atoms with Gasteiger partial charge < -0.3 is 5.32 Å². The number of carbonyl (C=O) groups is 1. The Balaban J connectivity index is 1.48. The molecule has 0 spiro atoms. The fraction of sp³-hybridized carbons (Fsp3) is 0. The summed E-state index contributed by atoms with van der Waals surface area (Å²) in [6, 6.07) is 11.4. The van der Waals surface area contributed by atoms with Crippen molar-refractivity contribution in [1.29, 1.82) is 0 Å². The lowest BCUT2D eigenvalue weighted by atomic mass is 10.2. The van der Waals surface area contributed by atoms with Crippen LogP contribution in [0.3, 0.4) is 0 Å². The lowest BCUT2D eigenvalue weighted by Gasteiger charge is -2.08. The fourth-order valence-corrected chi connectivity index (χ4v) is 4.49. The van der Waals surface area contributed by atoms with E-state index in [1.54, 1.807) is 36.4 Å². The molecular formula is C18H11Cl2N5O2S2. The first-order valence-electron chi connectivity index (χ1n) is 8.12. The summed E-state index contributed by atoms with van der Waals surface area (Å²) in [5, 5.41) is 3.52. The van der Waals surface area contributed by atoms with Crippen molar-refractivity contribution < 1.29 is 4.79 Å². The van der Waals surface area contributed by atoms with E-state index < -0.39 is 6.03 Å². The summed E-state index contributed by atoms with van der Waals surface area (Å²) < 4.78 is 5.48. The Bertz CT molecular complexity index is 1260. The van der Waals surface area contributed by atoms with Gasteiger partial charge in [0.25, 0.3) is 5.56 Å². The third-order valence-electron chi connectivity index (χ3n) is 3.77. The molecule has 3 aromatic heterocycles. The van der Waals surface area contributed by atoms with Crippen LogP contribution in [0.5, 0.6) is 0 Å². The number of fused-ring (bicyclic) bond motifs is 1. The first kappa shape index (κ1) is 19.7. The van der Waals surface area contributed by atoms with E-state index in [0.29, 0.717) is 31.8 Å². The van der Waals surface area contributed by atoms with E-state index in [9.17, 15) is 9.59 Å². The number of amides is 2. The largest absolute Gasteiger partial charge is 0.329 e. The van der Waals surface area contributed by atoms with Crippen molar-refractivity contribution >= 4 is 69.1 Å². The Morgan fingerprint density at radius 1 is 1.10 bits per heavy atom. The summed E-state index contributed by atoms with van der Waals surface area (Å²) in [5.41, 5.74) is 0.741. The van der Waals surface area contributed by atoms with Gasteiger partial charge in [0.15, 0.2) is 0 Å². The van der Waals surface area contributed by atoms with Gasteiger partial charge in [-0.3, -0.25) is 14.1 Å². The number of nitrogens with one attached hydrogen (secondary N) is 2. The number of carbonyl (C=O) groups excluding carboxylic acids is 1. The standard InChI is InChI=1S/C18H11Cl2N5O2S2/c19-10-1-3-13-12(7-10)17(26)25(9-22-13)15-5-2-11(8-21-15)23-18(27)24-29-16-6-4-14(20)28-16/h1-9H,(H2,23,24,27). The summed E-state index contributed by atoms with van der Waals surface area (Å²) in [4.78, 5) is 33.2. The van der Waals surface area contributed by atoms with Crippen LogP contribution in [0.25, 0.3) is 16.7 Å². The Hall–Kier alpha value is -2.59. The second-order valence-electron chi connectivity index (χ2n) is 5.70. The van der Waals surface area contributed by atoms with E-state index in [-0.39, 0.29) is 5.56 Å². The number of aromatic nitrogens is 3. The third-order valence-corrected chi connectivity index (χ3v) is 6.15. The number of anilines is 1. The molecule has 0 fully saturated rings. The van der Waals surface area contributed by atoms with E-state index in [1.807, 2.05) is 6.07 Å². The minimum Gasteiger partial charge on any atom is -0.306 e. The molecule has 146 valence electrons. The van der Waals surface area contributed by atoms with Crippen molar-refractivity contribution in [2.24, 2.45) is 0 Å². The maximum absolute atomic E-state index is 12.7. The number of halogens is 2. The summed E-state index contributed by atoms with van der Waals surface area (Å²) in [7, 11) is 0. The van der Waals surface area contributed by atoms with Gasteiger partial charge in [0.1, 0.15) is 12.1 Å². The molecular weight excluding hydrogens is 453 g/mol. The lowest BCUT2D eigenvalue weighted by Crippen LogP contribution is -2.23. The normalized spacial score (nSPS) is 10.8. The van der Waals surface area contributed by atoms with Gasteiger partial charge in [-0.2, -0.15) is 0 Å². The van der Waals surface area contributed by atoms with Gasteiger partial charge in [0, 0.05) is 5.02 Å². The molecule has 2 amide bonds. The van der Waals surface area contributed by atoms with Crippen LogP contribution >= 0.6 is 46.5 Å². The summed E-state index contributed by atoms with van der Waals surface area (Å²) >= 11 is 14.4. The SMILES string of the molecule is O=C(NSc1ccc(Cl)s1)Nc1ccc(-n2cnc3ccc(Cl)cc3c2=O)nc1. The highest BCUT2D eigenvalue weighted by Crippen LogP contribution is 2.28. The molecule has 1 aromatic carbocycles. The van der Waals surface area contributed by atoms with Crippen LogP contribution in [0.2, 0.25) is 9.36 Å². The van der Waals surface area contributed by atoms with Crippen LogP contribution in [-0.4, -0.2) is 20.6 Å². The predicted octanol–water partition coefficient (Wildman–Crippen LogP) is 4.98. The molecule has 0 saturated carbocycles. The van der Waals surface area contributed by atoms with E-state index in [4.69, 9.17) is 23.2 Å². The van der Waals surface area contributed by atoms with Crippen LogP contribution in [0, 0.1) is 0 Å². The lowest BCUT2D eigenvalue weighted by molar-refractivity contribution is 0.257. The maximum atomic E-state index is 12.7. The Morgan fingerprint density at radius 3 is 2.69 bits per heavy atom. The number of nitrogens with zero attached hydrogens (tertiary/aromatic N) is 3. The maximum Gasteiger partial charge on any atom is 0.329 e. The van der Waals surface area contributed by atoms with Gasteiger partial charge in [-0.15, -0.1) is 11.3 Å². The molecule has 0 radical (unpaired) electrons. The zero-order valence-corrected chi connectivity index (χ0v) is 17.6. The van der Waals surface area contributed by atoms with Gasteiger partial charge in [0.2, 0.25) is 0 Å². The highest BCUT2D eigenvalue weighted by Gasteiger charge is 2.09. The molecule has 0 bridgehead atoms. The zero-order valence-electron chi connectivity index (χ0n) is 14.4. The van der Waals surface area contributed by atoms with Crippen molar-refractivity contribution in [2.45, 2.75) is 4.21 Å². The van der Waals surface area contributed by atoms with Gasteiger partial charge in [-0.05, 0) is 54.4 Å². The van der Waals surface area contributed by atoms with Crippen LogP contribution in [0.1, 0.15) is 0 Å². The molecule has 0 aliphatic rings. The van der Waals surface area contributed by atoms with E-state index in [0.717, 1.165) is 16.2 Å². The molecule has 29 heavy (non-hydrogen) atoms. The predicted molar refractivity (Wildman–Crippen MR) is 117 cm³/mol. The average Bonchev–Trinajstić information content (AvgIpc) is 3.13. The number of hydrogen-bond acceptors (Lipinski definition) is 6. The Morgan fingerprint density at radius 2 is 1.97 bits per heavy atom. The van der Waals surface area contributed by atoms with Gasteiger partial charge >= 0.3 is 6.03 Å². The van der Waals surface area contributed by atoms with Crippen LogP contribution in [0.15, 0.2) is 64.0 Å². The van der Waals surface area contributed by atoms with E-state index in [1.165, 1.54) is 28.4 Å². The van der Waals surface area contributed by atoms with Crippen molar-refractivity contribution in [2.75, 3.05) is 5.32 Å². The van der Waals surface area contributed by atoms with Crippen molar-refractivity contribution in [1.82, 2.24) is 19.3 Å². The molecule has 0 aliphatic carbocycles. The number of benzene rings is 1. The fourth-order valence-electron chi connectivity index (χ4n) is 2.47.